The second-order valence-electron chi connectivity index (χ2n) is 3.24. The number of hydrogen-bond donors (Lipinski definition) is 1. The molecule has 0 radical (unpaired) electrons. The molecule has 0 bridgehead atoms. The molecule has 1 rings (SSSR count). The van der Waals surface area contributed by atoms with Crippen molar-refractivity contribution in [1.29, 1.82) is 0 Å². The molecular formula is C10H15NO. The van der Waals surface area contributed by atoms with E-state index in [2.05, 4.69) is 18.8 Å². The van der Waals surface area contributed by atoms with E-state index in [9.17, 15) is 0 Å². The quantitative estimate of drug-likeness (QED) is 0.746. The molecule has 0 amide bonds. The molecule has 12 heavy (non-hydrogen) atoms. The van der Waals surface area contributed by atoms with Gasteiger partial charge in [0.15, 0.2) is 0 Å². The number of nitrogens with zero attached hydrogens (tertiary/aromatic N) is 1. The van der Waals surface area contributed by atoms with Crippen molar-refractivity contribution < 1.29 is 5.11 Å². The molecule has 0 aliphatic rings. The molecule has 1 N–H and O–H groups in total. The summed E-state index contributed by atoms with van der Waals surface area (Å²) in [6.45, 7) is 4.39. The summed E-state index contributed by atoms with van der Waals surface area (Å²) in [6.07, 6.45) is 3.96. The van der Waals surface area contributed by atoms with Crippen LogP contribution in [0.25, 0.3) is 0 Å². The van der Waals surface area contributed by atoms with E-state index in [0.29, 0.717) is 5.92 Å². The number of pyridine rings is 1. The SMILES string of the molecule is CCC(C)Cc1ccc(O)nc1. The van der Waals surface area contributed by atoms with Crippen molar-refractivity contribution in [3.63, 3.8) is 0 Å². The Hall–Kier alpha value is -1.05. The van der Waals surface area contributed by atoms with Gasteiger partial charge in [0.05, 0.1) is 0 Å². The van der Waals surface area contributed by atoms with E-state index >= 15 is 0 Å². The van der Waals surface area contributed by atoms with Crippen LogP contribution in [0.1, 0.15) is 25.8 Å². The Balaban J connectivity index is 2.58. The van der Waals surface area contributed by atoms with Crippen LogP contribution in [0, 0.1) is 5.92 Å². The van der Waals surface area contributed by atoms with Crippen LogP contribution >= 0.6 is 0 Å². The first-order valence-electron chi connectivity index (χ1n) is 4.36. The van der Waals surface area contributed by atoms with E-state index in [1.807, 2.05) is 6.07 Å². The largest absolute Gasteiger partial charge is 0.493 e. The van der Waals surface area contributed by atoms with Crippen LogP contribution in [-0.2, 0) is 6.42 Å². The number of rotatable bonds is 3. The van der Waals surface area contributed by atoms with Crippen LogP contribution < -0.4 is 0 Å². The summed E-state index contributed by atoms with van der Waals surface area (Å²) in [4.78, 5) is 3.82. The van der Waals surface area contributed by atoms with Gasteiger partial charge in [0, 0.05) is 12.3 Å². The highest BCUT2D eigenvalue weighted by molar-refractivity contribution is 5.16. The molecule has 0 spiro atoms. The summed E-state index contributed by atoms with van der Waals surface area (Å²) < 4.78 is 0. The summed E-state index contributed by atoms with van der Waals surface area (Å²) >= 11 is 0. The number of aromatic hydroxyl groups is 1. The van der Waals surface area contributed by atoms with Gasteiger partial charge in [-0.05, 0) is 17.9 Å². The maximum atomic E-state index is 8.94. The summed E-state index contributed by atoms with van der Waals surface area (Å²) in [5.74, 6) is 0.791. The Morgan fingerprint density at radius 2 is 2.25 bits per heavy atom. The Bertz CT molecular complexity index is 230. The second-order valence-corrected chi connectivity index (χ2v) is 3.24. The Morgan fingerprint density at radius 3 is 2.75 bits per heavy atom. The molecule has 1 aromatic rings. The normalized spacial score (nSPS) is 12.8. The molecule has 1 unspecified atom stereocenters. The average molecular weight is 165 g/mol. The topological polar surface area (TPSA) is 33.1 Å². The molecule has 0 saturated heterocycles. The molecule has 0 aromatic carbocycles. The first kappa shape index (κ1) is 9.04. The average Bonchev–Trinajstić information content (AvgIpc) is 2.09. The first-order chi connectivity index (χ1) is 5.72. The van der Waals surface area contributed by atoms with E-state index in [0.717, 1.165) is 6.42 Å². The molecule has 0 aliphatic carbocycles. The van der Waals surface area contributed by atoms with E-state index in [4.69, 9.17) is 5.11 Å². The Kier molecular flexibility index (Phi) is 3.09. The van der Waals surface area contributed by atoms with Crippen LogP contribution in [0.5, 0.6) is 5.88 Å². The highest BCUT2D eigenvalue weighted by atomic mass is 16.3. The van der Waals surface area contributed by atoms with E-state index in [1.165, 1.54) is 12.0 Å². The zero-order valence-electron chi connectivity index (χ0n) is 7.62. The third kappa shape index (κ3) is 2.53. The van der Waals surface area contributed by atoms with Gasteiger partial charge in [-0.15, -0.1) is 0 Å². The first-order valence-corrected chi connectivity index (χ1v) is 4.36. The van der Waals surface area contributed by atoms with Crippen molar-refractivity contribution >= 4 is 0 Å². The number of hydrogen-bond acceptors (Lipinski definition) is 2. The fourth-order valence-corrected chi connectivity index (χ4v) is 1.08. The fourth-order valence-electron chi connectivity index (χ4n) is 1.08. The summed E-state index contributed by atoms with van der Waals surface area (Å²) in [7, 11) is 0. The summed E-state index contributed by atoms with van der Waals surface area (Å²) in [5, 5.41) is 8.94. The molecule has 1 aromatic heterocycles. The fraction of sp³-hybridized carbons (Fsp3) is 0.500. The highest BCUT2D eigenvalue weighted by Gasteiger charge is 2.00. The van der Waals surface area contributed by atoms with E-state index < -0.39 is 0 Å². The maximum Gasteiger partial charge on any atom is 0.210 e. The zero-order chi connectivity index (χ0) is 8.97. The van der Waals surface area contributed by atoms with Crippen molar-refractivity contribution in [2.45, 2.75) is 26.7 Å². The van der Waals surface area contributed by atoms with Gasteiger partial charge in [-0.25, -0.2) is 4.98 Å². The van der Waals surface area contributed by atoms with Crippen molar-refractivity contribution in [2.24, 2.45) is 5.92 Å². The Morgan fingerprint density at radius 1 is 1.50 bits per heavy atom. The summed E-state index contributed by atoms with van der Waals surface area (Å²) in [5.41, 5.74) is 1.20. The lowest BCUT2D eigenvalue weighted by molar-refractivity contribution is 0.452. The third-order valence-corrected chi connectivity index (χ3v) is 2.09. The smallest absolute Gasteiger partial charge is 0.210 e. The minimum absolute atomic E-state index is 0.0999. The summed E-state index contributed by atoms with van der Waals surface area (Å²) in [6, 6.07) is 3.56. The van der Waals surface area contributed by atoms with Crippen molar-refractivity contribution in [3.05, 3.63) is 23.9 Å². The monoisotopic (exact) mass is 165 g/mol. The predicted molar refractivity (Wildman–Crippen MR) is 49.1 cm³/mol. The standard InChI is InChI=1S/C10H15NO/c1-3-8(2)6-9-4-5-10(12)11-7-9/h4-5,7-8H,3,6H2,1-2H3,(H,11,12). The molecule has 0 aliphatic heterocycles. The van der Waals surface area contributed by atoms with Crippen molar-refractivity contribution in [3.8, 4) is 5.88 Å². The Labute approximate surface area is 73.3 Å². The molecule has 2 heteroatoms. The molecule has 0 fully saturated rings. The van der Waals surface area contributed by atoms with Crippen LogP contribution in [0.15, 0.2) is 18.3 Å². The van der Waals surface area contributed by atoms with Gasteiger partial charge in [-0.2, -0.15) is 0 Å². The van der Waals surface area contributed by atoms with Crippen molar-refractivity contribution in [1.82, 2.24) is 4.98 Å². The molecule has 1 atom stereocenters. The van der Waals surface area contributed by atoms with Gasteiger partial charge in [0.25, 0.3) is 0 Å². The molecule has 0 saturated carbocycles. The van der Waals surface area contributed by atoms with Gasteiger partial charge in [-0.1, -0.05) is 26.3 Å². The molecule has 66 valence electrons. The van der Waals surface area contributed by atoms with Gasteiger partial charge in [0.2, 0.25) is 5.88 Å². The maximum absolute atomic E-state index is 8.94. The minimum Gasteiger partial charge on any atom is -0.493 e. The van der Waals surface area contributed by atoms with Crippen LogP contribution in [0.4, 0.5) is 0 Å². The van der Waals surface area contributed by atoms with E-state index in [-0.39, 0.29) is 5.88 Å². The molecule has 2 nitrogen and oxygen atoms in total. The molecule has 1 heterocycles. The minimum atomic E-state index is 0.0999. The lowest BCUT2D eigenvalue weighted by Crippen LogP contribution is -1.97. The van der Waals surface area contributed by atoms with Crippen LogP contribution in [0.2, 0.25) is 0 Å². The van der Waals surface area contributed by atoms with Crippen LogP contribution in [0.3, 0.4) is 0 Å². The van der Waals surface area contributed by atoms with Gasteiger partial charge in [0.1, 0.15) is 0 Å². The third-order valence-electron chi connectivity index (χ3n) is 2.09. The van der Waals surface area contributed by atoms with Gasteiger partial charge < -0.3 is 5.11 Å². The van der Waals surface area contributed by atoms with Crippen molar-refractivity contribution in [2.75, 3.05) is 0 Å². The van der Waals surface area contributed by atoms with Gasteiger partial charge >= 0.3 is 0 Å². The highest BCUT2D eigenvalue weighted by Crippen LogP contribution is 2.12. The number of aromatic nitrogens is 1. The second kappa shape index (κ2) is 4.10. The van der Waals surface area contributed by atoms with Gasteiger partial charge in [-0.3, -0.25) is 0 Å². The van der Waals surface area contributed by atoms with E-state index in [1.54, 1.807) is 12.3 Å². The predicted octanol–water partition coefficient (Wildman–Crippen LogP) is 2.38. The molecular weight excluding hydrogens is 150 g/mol. The lowest BCUT2D eigenvalue weighted by atomic mass is 10.0. The van der Waals surface area contributed by atoms with Crippen LogP contribution in [-0.4, -0.2) is 10.1 Å². The zero-order valence-corrected chi connectivity index (χ0v) is 7.62. The lowest BCUT2D eigenvalue weighted by Gasteiger charge is -2.06.